The Balaban J connectivity index is 2.48. The molecule has 0 saturated carbocycles. The molecule has 3 nitrogen and oxygen atoms in total. The molecular formula is C7H9NO2. The number of aliphatic imine (C=N–C) groups is 1. The van der Waals surface area contributed by atoms with Crippen LogP contribution in [0.4, 0.5) is 0 Å². The Morgan fingerprint density at radius 3 is 3.20 bits per heavy atom. The van der Waals surface area contributed by atoms with Gasteiger partial charge in [0.2, 0.25) is 0 Å². The molecule has 0 spiro atoms. The zero-order valence-corrected chi connectivity index (χ0v) is 5.83. The molecule has 1 heterocycles. The van der Waals surface area contributed by atoms with E-state index in [0.29, 0.717) is 18.7 Å². The molecule has 10 heavy (non-hydrogen) atoms. The first-order valence-corrected chi connectivity index (χ1v) is 3.21. The summed E-state index contributed by atoms with van der Waals surface area (Å²) in [6, 6.07) is 0. The number of hydrogen-bond donors (Lipinski definition) is 0. The zero-order valence-electron chi connectivity index (χ0n) is 5.83. The van der Waals surface area contributed by atoms with Gasteiger partial charge in [0.25, 0.3) is 0 Å². The van der Waals surface area contributed by atoms with E-state index in [0.717, 1.165) is 0 Å². The normalized spacial score (nSPS) is 15.1. The minimum Gasteiger partial charge on any atom is -0.462 e. The van der Waals surface area contributed by atoms with Crippen LogP contribution in [0.1, 0.15) is 6.92 Å². The van der Waals surface area contributed by atoms with Gasteiger partial charge in [0, 0.05) is 6.21 Å². The van der Waals surface area contributed by atoms with E-state index in [-0.39, 0.29) is 5.97 Å². The Morgan fingerprint density at radius 2 is 2.70 bits per heavy atom. The third-order valence-corrected chi connectivity index (χ3v) is 1.16. The van der Waals surface area contributed by atoms with Gasteiger partial charge in [-0.05, 0) is 13.0 Å². The molecule has 0 aromatic rings. The summed E-state index contributed by atoms with van der Waals surface area (Å²) in [5, 5.41) is 0. The van der Waals surface area contributed by atoms with Crippen LogP contribution in [0.15, 0.2) is 16.6 Å². The molecule has 0 radical (unpaired) electrons. The standard InChI is InChI=1S/C7H9NO2/c1-2-10-7(9)6-3-4-8-5-6/h3,5H,2,4H2,1H3. The second-order valence-corrected chi connectivity index (χ2v) is 1.87. The molecule has 0 aromatic heterocycles. The van der Waals surface area contributed by atoms with E-state index < -0.39 is 0 Å². The van der Waals surface area contributed by atoms with Crippen LogP contribution in [0.5, 0.6) is 0 Å². The smallest absolute Gasteiger partial charge is 0.339 e. The molecule has 1 rings (SSSR count). The number of rotatable bonds is 2. The maximum Gasteiger partial charge on any atom is 0.339 e. The summed E-state index contributed by atoms with van der Waals surface area (Å²) in [6.45, 7) is 2.81. The van der Waals surface area contributed by atoms with Crippen molar-refractivity contribution in [3.63, 3.8) is 0 Å². The fourth-order valence-corrected chi connectivity index (χ4v) is 0.705. The van der Waals surface area contributed by atoms with Gasteiger partial charge in [-0.25, -0.2) is 4.79 Å². The molecule has 0 N–H and O–H groups in total. The molecule has 3 heteroatoms. The molecule has 0 saturated heterocycles. The first kappa shape index (κ1) is 6.99. The van der Waals surface area contributed by atoms with Crippen LogP contribution in [0.3, 0.4) is 0 Å². The lowest BCUT2D eigenvalue weighted by Crippen LogP contribution is -2.06. The molecule has 54 valence electrons. The summed E-state index contributed by atoms with van der Waals surface area (Å²) in [4.78, 5) is 14.7. The van der Waals surface area contributed by atoms with Crippen LogP contribution in [-0.2, 0) is 9.53 Å². The maximum absolute atomic E-state index is 10.9. The van der Waals surface area contributed by atoms with Crippen molar-refractivity contribution in [3.8, 4) is 0 Å². The predicted octanol–water partition coefficient (Wildman–Crippen LogP) is 0.560. The first-order chi connectivity index (χ1) is 4.84. The van der Waals surface area contributed by atoms with Gasteiger partial charge in [0.1, 0.15) is 0 Å². The van der Waals surface area contributed by atoms with Crippen LogP contribution in [0.2, 0.25) is 0 Å². The Kier molecular flexibility index (Phi) is 2.20. The molecule has 0 aromatic carbocycles. The number of hydrogen-bond acceptors (Lipinski definition) is 3. The van der Waals surface area contributed by atoms with E-state index in [1.807, 2.05) is 0 Å². The van der Waals surface area contributed by atoms with Crippen LogP contribution in [0, 0.1) is 0 Å². The fourth-order valence-electron chi connectivity index (χ4n) is 0.705. The summed E-state index contributed by atoms with van der Waals surface area (Å²) in [6.07, 6.45) is 3.29. The van der Waals surface area contributed by atoms with E-state index >= 15 is 0 Å². The SMILES string of the molecule is CCOC(=O)C1=CCN=C1. The topological polar surface area (TPSA) is 38.7 Å². The van der Waals surface area contributed by atoms with Crippen molar-refractivity contribution < 1.29 is 9.53 Å². The Morgan fingerprint density at radius 1 is 1.90 bits per heavy atom. The van der Waals surface area contributed by atoms with Gasteiger partial charge >= 0.3 is 5.97 Å². The van der Waals surface area contributed by atoms with Gasteiger partial charge in [-0.2, -0.15) is 0 Å². The van der Waals surface area contributed by atoms with E-state index in [1.165, 1.54) is 6.21 Å². The predicted molar refractivity (Wildman–Crippen MR) is 38.1 cm³/mol. The van der Waals surface area contributed by atoms with Gasteiger partial charge in [0.15, 0.2) is 0 Å². The third kappa shape index (κ3) is 1.43. The van der Waals surface area contributed by atoms with Crippen molar-refractivity contribution in [2.45, 2.75) is 6.92 Å². The largest absolute Gasteiger partial charge is 0.462 e. The van der Waals surface area contributed by atoms with Crippen molar-refractivity contribution in [1.29, 1.82) is 0 Å². The molecule has 0 bridgehead atoms. The molecule has 1 aliphatic rings. The highest BCUT2D eigenvalue weighted by molar-refractivity contribution is 6.10. The van der Waals surface area contributed by atoms with Crippen molar-refractivity contribution in [2.24, 2.45) is 4.99 Å². The molecular weight excluding hydrogens is 130 g/mol. The lowest BCUT2D eigenvalue weighted by Gasteiger charge is -1.97. The number of carbonyl (C=O) groups excluding carboxylic acids is 1. The Bertz CT molecular complexity index is 194. The van der Waals surface area contributed by atoms with Crippen molar-refractivity contribution in [2.75, 3.05) is 13.2 Å². The molecule has 1 aliphatic heterocycles. The average Bonchev–Trinajstić information content (AvgIpc) is 2.38. The highest BCUT2D eigenvalue weighted by atomic mass is 16.5. The molecule has 0 amide bonds. The second-order valence-electron chi connectivity index (χ2n) is 1.87. The van der Waals surface area contributed by atoms with Crippen LogP contribution < -0.4 is 0 Å². The maximum atomic E-state index is 10.9. The van der Waals surface area contributed by atoms with Gasteiger partial charge in [-0.3, -0.25) is 4.99 Å². The summed E-state index contributed by atoms with van der Waals surface area (Å²) in [7, 11) is 0. The summed E-state index contributed by atoms with van der Waals surface area (Å²) < 4.78 is 4.73. The molecule has 0 atom stereocenters. The first-order valence-electron chi connectivity index (χ1n) is 3.21. The molecule has 0 aliphatic carbocycles. The lowest BCUT2D eigenvalue weighted by molar-refractivity contribution is -0.137. The van der Waals surface area contributed by atoms with E-state index in [1.54, 1.807) is 13.0 Å². The minimum atomic E-state index is -0.274. The van der Waals surface area contributed by atoms with Gasteiger partial charge < -0.3 is 4.74 Å². The Hall–Kier alpha value is -1.12. The summed E-state index contributed by atoms with van der Waals surface area (Å²) >= 11 is 0. The number of nitrogens with zero attached hydrogens (tertiary/aromatic N) is 1. The van der Waals surface area contributed by atoms with Crippen molar-refractivity contribution in [1.82, 2.24) is 0 Å². The molecule has 0 unspecified atom stereocenters. The van der Waals surface area contributed by atoms with Crippen LogP contribution in [-0.4, -0.2) is 25.3 Å². The molecule has 0 fully saturated rings. The number of carbonyl (C=O) groups is 1. The monoisotopic (exact) mass is 139 g/mol. The zero-order chi connectivity index (χ0) is 7.40. The highest BCUT2D eigenvalue weighted by Crippen LogP contribution is 2.00. The number of ether oxygens (including phenoxy) is 1. The quantitative estimate of drug-likeness (QED) is 0.524. The number of esters is 1. The van der Waals surface area contributed by atoms with E-state index in [2.05, 4.69) is 4.99 Å². The second kappa shape index (κ2) is 3.15. The minimum absolute atomic E-state index is 0.274. The van der Waals surface area contributed by atoms with Crippen molar-refractivity contribution in [3.05, 3.63) is 11.6 Å². The van der Waals surface area contributed by atoms with E-state index in [9.17, 15) is 4.79 Å². The van der Waals surface area contributed by atoms with Crippen LogP contribution >= 0.6 is 0 Å². The fraction of sp³-hybridized carbons (Fsp3) is 0.429. The third-order valence-electron chi connectivity index (χ3n) is 1.16. The van der Waals surface area contributed by atoms with E-state index in [4.69, 9.17) is 4.74 Å². The average molecular weight is 139 g/mol. The highest BCUT2D eigenvalue weighted by Gasteiger charge is 2.09. The van der Waals surface area contributed by atoms with Crippen molar-refractivity contribution >= 4 is 12.2 Å². The van der Waals surface area contributed by atoms with Crippen LogP contribution in [0.25, 0.3) is 0 Å². The Labute approximate surface area is 59.4 Å². The van der Waals surface area contributed by atoms with Gasteiger partial charge in [-0.15, -0.1) is 0 Å². The summed E-state index contributed by atoms with van der Waals surface area (Å²) in [5.74, 6) is -0.274. The van der Waals surface area contributed by atoms with Gasteiger partial charge in [-0.1, -0.05) is 0 Å². The summed E-state index contributed by atoms with van der Waals surface area (Å²) in [5.41, 5.74) is 0.571. The lowest BCUT2D eigenvalue weighted by atomic mass is 10.3. The van der Waals surface area contributed by atoms with Gasteiger partial charge in [0.05, 0.1) is 18.7 Å².